The van der Waals surface area contributed by atoms with Crippen molar-refractivity contribution in [2.24, 2.45) is 0 Å². The summed E-state index contributed by atoms with van der Waals surface area (Å²) in [5.41, 5.74) is 0.532. The van der Waals surface area contributed by atoms with Gasteiger partial charge in [0.2, 0.25) is 0 Å². The van der Waals surface area contributed by atoms with E-state index in [0.29, 0.717) is 14.9 Å². The van der Waals surface area contributed by atoms with Crippen LogP contribution in [0.5, 0.6) is 0 Å². The van der Waals surface area contributed by atoms with Gasteiger partial charge in [-0.3, -0.25) is 4.79 Å². The Morgan fingerprint density at radius 2 is 2.08 bits per heavy atom. The number of carbonyl (C=O) groups is 1. The Morgan fingerprint density at radius 3 is 2.77 bits per heavy atom. The molecular weight excluding hydrogens is 227 g/mol. The Bertz CT molecular complexity index is 476. The number of aldehydes is 1. The van der Waals surface area contributed by atoms with Crippen molar-refractivity contribution in [3.8, 4) is 0 Å². The molecule has 0 fully saturated rings. The lowest BCUT2D eigenvalue weighted by atomic mass is 10.2. The molecule has 0 aliphatic rings. The molecule has 1 heterocycles. The quantitative estimate of drug-likeness (QED) is 0.677. The van der Waals surface area contributed by atoms with E-state index >= 15 is 0 Å². The Kier molecular flexibility index (Phi) is 2.28. The van der Waals surface area contributed by atoms with Gasteiger partial charge in [-0.2, -0.15) is 0 Å². The highest BCUT2D eigenvalue weighted by atomic mass is 35.5. The second kappa shape index (κ2) is 3.29. The van der Waals surface area contributed by atoms with Crippen molar-refractivity contribution in [1.82, 2.24) is 0 Å². The van der Waals surface area contributed by atoms with Crippen LogP contribution in [-0.4, -0.2) is 6.29 Å². The van der Waals surface area contributed by atoms with Crippen LogP contribution in [0.25, 0.3) is 10.1 Å². The van der Waals surface area contributed by atoms with Gasteiger partial charge in [-0.1, -0.05) is 23.2 Å². The maximum Gasteiger partial charge on any atom is 0.153 e. The highest BCUT2D eigenvalue weighted by molar-refractivity contribution is 7.23. The summed E-state index contributed by atoms with van der Waals surface area (Å²) < 4.78 is 1.50. The summed E-state index contributed by atoms with van der Waals surface area (Å²) in [7, 11) is 0. The molecule has 0 N–H and O–H groups in total. The predicted octanol–water partition coefficient (Wildman–Crippen LogP) is 4.02. The monoisotopic (exact) mass is 230 g/mol. The fourth-order valence-electron chi connectivity index (χ4n) is 1.17. The molecule has 0 unspecified atom stereocenters. The van der Waals surface area contributed by atoms with Crippen LogP contribution in [0.2, 0.25) is 9.36 Å². The van der Waals surface area contributed by atoms with Gasteiger partial charge in [0.15, 0.2) is 6.29 Å². The molecule has 0 amide bonds. The number of rotatable bonds is 1. The minimum absolute atomic E-state index is 0.521. The average molecular weight is 231 g/mol. The lowest BCUT2D eigenvalue weighted by Crippen LogP contribution is -1.75. The van der Waals surface area contributed by atoms with Gasteiger partial charge >= 0.3 is 0 Å². The number of thiophene rings is 1. The number of fused-ring (bicyclic) bond motifs is 1. The van der Waals surface area contributed by atoms with Crippen LogP contribution in [-0.2, 0) is 0 Å². The molecule has 4 heteroatoms. The highest BCUT2D eigenvalue weighted by Crippen LogP contribution is 2.35. The van der Waals surface area contributed by atoms with E-state index in [1.807, 2.05) is 6.07 Å². The number of halogens is 2. The van der Waals surface area contributed by atoms with Crippen molar-refractivity contribution in [2.75, 3.05) is 0 Å². The van der Waals surface area contributed by atoms with E-state index in [0.717, 1.165) is 16.4 Å². The van der Waals surface area contributed by atoms with Crippen molar-refractivity contribution in [1.29, 1.82) is 0 Å². The average Bonchev–Trinajstić information content (AvgIpc) is 2.40. The van der Waals surface area contributed by atoms with Crippen molar-refractivity contribution < 1.29 is 4.79 Å². The van der Waals surface area contributed by atoms with Gasteiger partial charge in [0.1, 0.15) is 4.34 Å². The van der Waals surface area contributed by atoms with Crippen molar-refractivity contribution in [3.63, 3.8) is 0 Å². The first-order chi connectivity index (χ1) is 6.22. The fraction of sp³-hybridized carbons (Fsp3) is 0. The molecule has 0 aliphatic heterocycles. The molecule has 1 nitrogen and oxygen atoms in total. The zero-order chi connectivity index (χ0) is 9.42. The first-order valence-electron chi connectivity index (χ1n) is 3.55. The summed E-state index contributed by atoms with van der Waals surface area (Å²) in [6.45, 7) is 0. The fourth-order valence-corrected chi connectivity index (χ4v) is 2.61. The third-order valence-electron chi connectivity index (χ3n) is 1.76. The van der Waals surface area contributed by atoms with E-state index in [2.05, 4.69) is 0 Å². The van der Waals surface area contributed by atoms with Gasteiger partial charge in [-0.25, -0.2) is 0 Å². The van der Waals surface area contributed by atoms with Crippen LogP contribution >= 0.6 is 34.5 Å². The molecular formula is C9H4Cl2OS. The zero-order valence-corrected chi connectivity index (χ0v) is 8.71. The van der Waals surface area contributed by atoms with E-state index in [4.69, 9.17) is 23.2 Å². The predicted molar refractivity (Wildman–Crippen MR) is 57.2 cm³/mol. The Morgan fingerprint density at radius 1 is 1.31 bits per heavy atom. The molecule has 0 aliphatic carbocycles. The molecule has 0 saturated heterocycles. The van der Waals surface area contributed by atoms with Crippen molar-refractivity contribution in [2.45, 2.75) is 0 Å². The van der Waals surface area contributed by atoms with E-state index in [1.54, 1.807) is 12.1 Å². The molecule has 2 aromatic rings. The molecule has 0 atom stereocenters. The number of benzene rings is 1. The third-order valence-corrected chi connectivity index (χ3v) is 3.41. The maximum absolute atomic E-state index is 10.7. The minimum Gasteiger partial charge on any atom is -0.298 e. The van der Waals surface area contributed by atoms with Gasteiger partial charge in [0.25, 0.3) is 0 Å². The molecule has 2 rings (SSSR count). The Balaban J connectivity index is 2.88. The van der Waals surface area contributed by atoms with Crippen LogP contribution in [0.15, 0.2) is 18.2 Å². The largest absolute Gasteiger partial charge is 0.298 e. The van der Waals surface area contributed by atoms with E-state index in [9.17, 15) is 4.79 Å². The van der Waals surface area contributed by atoms with Crippen LogP contribution in [0.3, 0.4) is 0 Å². The molecule has 66 valence electrons. The van der Waals surface area contributed by atoms with Gasteiger partial charge in [-0.15, -0.1) is 11.3 Å². The Labute approximate surface area is 88.9 Å². The second-order valence-corrected chi connectivity index (χ2v) is 4.64. The number of carbonyl (C=O) groups excluding carboxylic acids is 1. The SMILES string of the molecule is O=Cc1c(Cl)sc2ccc(Cl)cc12. The topological polar surface area (TPSA) is 17.1 Å². The van der Waals surface area contributed by atoms with Gasteiger partial charge < -0.3 is 0 Å². The summed E-state index contributed by atoms with van der Waals surface area (Å²) in [5, 5.41) is 1.45. The van der Waals surface area contributed by atoms with Crippen LogP contribution < -0.4 is 0 Å². The van der Waals surface area contributed by atoms with Crippen molar-refractivity contribution >= 4 is 50.9 Å². The summed E-state index contributed by atoms with van der Waals surface area (Å²) in [4.78, 5) is 10.7. The summed E-state index contributed by atoms with van der Waals surface area (Å²) in [6, 6.07) is 5.40. The first-order valence-corrected chi connectivity index (χ1v) is 5.12. The lowest BCUT2D eigenvalue weighted by molar-refractivity contribution is 0.112. The van der Waals surface area contributed by atoms with E-state index < -0.39 is 0 Å². The van der Waals surface area contributed by atoms with E-state index in [-0.39, 0.29) is 0 Å². The smallest absolute Gasteiger partial charge is 0.153 e. The Hall–Kier alpha value is -0.570. The molecule has 1 aromatic heterocycles. The molecule has 0 radical (unpaired) electrons. The molecule has 0 bridgehead atoms. The van der Waals surface area contributed by atoms with Gasteiger partial charge in [-0.05, 0) is 18.2 Å². The second-order valence-electron chi connectivity index (χ2n) is 2.55. The maximum atomic E-state index is 10.7. The third kappa shape index (κ3) is 1.46. The van der Waals surface area contributed by atoms with Crippen LogP contribution in [0, 0.1) is 0 Å². The van der Waals surface area contributed by atoms with Crippen LogP contribution in [0.1, 0.15) is 10.4 Å². The lowest BCUT2D eigenvalue weighted by Gasteiger charge is -1.91. The summed E-state index contributed by atoms with van der Waals surface area (Å²) in [6.07, 6.45) is 0.761. The van der Waals surface area contributed by atoms with Gasteiger partial charge in [0, 0.05) is 15.1 Å². The van der Waals surface area contributed by atoms with Crippen LogP contribution in [0.4, 0.5) is 0 Å². The standard InChI is InChI=1S/C9H4Cl2OS/c10-5-1-2-8-6(3-5)7(4-12)9(11)13-8/h1-4H. The number of hydrogen-bond donors (Lipinski definition) is 0. The van der Waals surface area contributed by atoms with E-state index in [1.165, 1.54) is 11.3 Å². The molecule has 13 heavy (non-hydrogen) atoms. The minimum atomic E-state index is 0.521. The molecule has 1 aromatic carbocycles. The number of hydrogen-bond acceptors (Lipinski definition) is 2. The first kappa shape index (κ1) is 9.00. The molecule has 0 spiro atoms. The summed E-state index contributed by atoms with van der Waals surface area (Å²) >= 11 is 13.1. The normalized spacial score (nSPS) is 10.6. The molecule has 0 saturated carbocycles. The summed E-state index contributed by atoms with van der Waals surface area (Å²) in [5.74, 6) is 0. The highest BCUT2D eigenvalue weighted by Gasteiger charge is 2.09. The van der Waals surface area contributed by atoms with Gasteiger partial charge in [0.05, 0.1) is 5.56 Å². The zero-order valence-electron chi connectivity index (χ0n) is 6.38. The van der Waals surface area contributed by atoms with Crippen molar-refractivity contribution in [3.05, 3.63) is 33.1 Å².